The normalized spacial score (nSPS) is 47.4. The summed E-state index contributed by atoms with van der Waals surface area (Å²) >= 11 is 0. The van der Waals surface area contributed by atoms with Gasteiger partial charge in [-0.25, -0.2) is 9.59 Å². The van der Waals surface area contributed by atoms with Crippen molar-refractivity contribution >= 4 is 17.9 Å². The molecule has 4 aliphatic carbocycles. The fraction of sp³-hybridized carbons (Fsp3) is 0.651. The van der Waals surface area contributed by atoms with Gasteiger partial charge in [0.25, 0.3) is 0 Å². The molecule has 7 aliphatic rings. The van der Waals surface area contributed by atoms with E-state index in [4.69, 9.17) is 28.4 Å². The van der Waals surface area contributed by atoms with Crippen LogP contribution in [0, 0.1) is 40.4 Å². The summed E-state index contributed by atoms with van der Waals surface area (Å²) in [5.41, 5.74) is -1.49. The van der Waals surface area contributed by atoms with E-state index in [2.05, 4.69) is 20.8 Å². The van der Waals surface area contributed by atoms with Crippen LogP contribution in [0.1, 0.15) is 107 Å². The van der Waals surface area contributed by atoms with Crippen molar-refractivity contribution in [3.8, 4) is 0 Å². The molecule has 284 valence electrons. The number of rotatable bonds is 6. The van der Waals surface area contributed by atoms with Crippen molar-refractivity contribution < 1.29 is 47.9 Å². The van der Waals surface area contributed by atoms with E-state index in [0.717, 1.165) is 32.1 Å². The van der Waals surface area contributed by atoms with Gasteiger partial charge >= 0.3 is 17.9 Å². The Morgan fingerprint density at radius 3 is 2.17 bits per heavy atom. The van der Waals surface area contributed by atoms with Crippen molar-refractivity contribution in [2.45, 2.75) is 127 Å². The molecular formula is C43H52O10. The second-order valence-electron chi connectivity index (χ2n) is 18.0. The summed E-state index contributed by atoms with van der Waals surface area (Å²) in [4.78, 5) is 38.7. The van der Waals surface area contributed by atoms with E-state index in [1.807, 2.05) is 31.2 Å². The average molecular weight is 729 g/mol. The van der Waals surface area contributed by atoms with Crippen molar-refractivity contribution in [1.29, 1.82) is 0 Å². The zero-order valence-electron chi connectivity index (χ0n) is 31.4. The quantitative estimate of drug-likeness (QED) is 0.197. The third kappa shape index (κ3) is 4.93. The molecule has 3 heterocycles. The number of aliphatic hydroxyl groups is 1. The number of hydrogen-bond donors (Lipinski definition) is 1. The molecular weight excluding hydrogens is 676 g/mol. The second-order valence-corrected chi connectivity index (χ2v) is 18.0. The van der Waals surface area contributed by atoms with Gasteiger partial charge < -0.3 is 33.5 Å². The SMILES string of the molecule is CC(=O)O[C@H]1CC[C@@]2(C)C(CCC3C2C[C@@H](OC(=O)c2ccccc2)[C@]2(C)[C@H]4[C@H](C)[C@@]5(CC[C@@](C)(COC(=O)c6ccccc6)O5)O[C@@]4(O)C4OC342)C1. The minimum atomic E-state index is -1.67. The van der Waals surface area contributed by atoms with E-state index >= 15 is 0 Å². The van der Waals surface area contributed by atoms with Gasteiger partial charge in [-0.15, -0.1) is 0 Å². The highest BCUT2D eigenvalue weighted by Gasteiger charge is 2.95. The molecule has 7 fully saturated rings. The molecule has 53 heavy (non-hydrogen) atoms. The second kappa shape index (κ2) is 11.8. The number of carbonyl (C=O) groups is 3. The van der Waals surface area contributed by atoms with E-state index in [0.29, 0.717) is 36.3 Å². The molecule has 2 aromatic carbocycles. The van der Waals surface area contributed by atoms with Gasteiger partial charge in [0.15, 0.2) is 5.79 Å². The van der Waals surface area contributed by atoms with Gasteiger partial charge in [-0.05, 0) is 99.3 Å². The molecule has 0 amide bonds. The van der Waals surface area contributed by atoms with Crippen LogP contribution in [-0.2, 0) is 33.2 Å². The smallest absolute Gasteiger partial charge is 0.338 e. The van der Waals surface area contributed by atoms with Crippen LogP contribution in [0.25, 0.3) is 0 Å². The Kier molecular flexibility index (Phi) is 7.91. The topological polar surface area (TPSA) is 130 Å². The van der Waals surface area contributed by atoms with E-state index in [-0.39, 0.29) is 47.8 Å². The highest BCUT2D eigenvalue weighted by Crippen LogP contribution is 2.82. The Labute approximate surface area is 311 Å². The van der Waals surface area contributed by atoms with Crippen molar-refractivity contribution in [2.24, 2.45) is 40.4 Å². The Balaban J connectivity index is 1.03. The molecule has 1 N–H and O–H groups in total. The third-order valence-electron chi connectivity index (χ3n) is 15.3. The molecule has 3 saturated heterocycles. The molecule has 10 heteroatoms. The maximum absolute atomic E-state index is 14.0. The zero-order valence-corrected chi connectivity index (χ0v) is 31.4. The highest BCUT2D eigenvalue weighted by atomic mass is 16.8. The van der Waals surface area contributed by atoms with Crippen molar-refractivity contribution in [1.82, 2.24) is 0 Å². The summed E-state index contributed by atoms with van der Waals surface area (Å²) in [5, 5.41) is 12.9. The largest absolute Gasteiger partial charge is 0.463 e. The van der Waals surface area contributed by atoms with Crippen molar-refractivity contribution in [3.05, 3.63) is 71.8 Å². The maximum Gasteiger partial charge on any atom is 0.338 e. The first-order valence-electron chi connectivity index (χ1n) is 19.7. The van der Waals surface area contributed by atoms with Crippen LogP contribution >= 0.6 is 0 Å². The summed E-state index contributed by atoms with van der Waals surface area (Å²) in [6.45, 7) is 10.1. The Morgan fingerprint density at radius 1 is 0.811 bits per heavy atom. The first kappa shape index (κ1) is 35.4. The van der Waals surface area contributed by atoms with Crippen LogP contribution in [0.15, 0.2) is 60.7 Å². The summed E-state index contributed by atoms with van der Waals surface area (Å²) in [7, 11) is 0. The predicted molar refractivity (Wildman–Crippen MR) is 190 cm³/mol. The molecule has 0 aromatic heterocycles. The van der Waals surface area contributed by atoms with Crippen molar-refractivity contribution in [3.63, 3.8) is 0 Å². The fourth-order valence-corrected chi connectivity index (χ4v) is 12.9. The summed E-state index contributed by atoms with van der Waals surface area (Å²) < 4.78 is 38.8. The van der Waals surface area contributed by atoms with Gasteiger partial charge in [0, 0.05) is 30.6 Å². The van der Waals surface area contributed by atoms with Gasteiger partial charge in [-0.3, -0.25) is 4.79 Å². The third-order valence-corrected chi connectivity index (χ3v) is 15.3. The van der Waals surface area contributed by atoms with Crippen LogP contribution < -0.4 is 0 Å². The number of epoxide rings is 1. The van der Waals surface area contributed by atoms with Crippen molar-refractivity contribution in [2.75, 3.05) is 6.61 Å². The maximum atomic E-state index is 14.0. The fourth-order valence-electron chi connectivity index (χ4n) is 12.9. The van der Waals surface area contributed by atoms with E-state index in [1.54, 1.807) is 36.4 Å². The number of fused-ring (bicyclic) bond motifs is 6. The van der Waals surface area contributed by atoms with Gasteiger partial charge in [-0.1, -0.05) is 57.2 Å². The van der Waals surface area contributed by atoms with Gasteiger partial charge in [0.05, 0.1) is 11.1 Å². The van der Waals surface area contributed by atoms with E-state index in [1.165, 1.54) is 6.92 Å². The van der Waals surface area contributed by atoms with Gasteiger partial charge in [-0.2, -0.15) is 0 Å². The molecule has 0 bridgehead atoms. The highest BCUT2D eigenvalue weighted by molar-refractivity contribution is 5.90. The molecule has 0 radical (unpaired) electrons. The van der Waals surface area contributed by atoms with Crippen LogP contribution in [0.4, 0.5) is 0 Å². The Hall–Kier alpha value is -3.31. The lowest BCUT2D eigenvalue weighted by Gasteiger charge is -2.62. The first-order valence-corrected chi connectivity index (χ1v) is 19.7. The lowest BCUT2D eigenvalue weighted by Crippen LogP contribution is -2.65. The zero-order chi connectivity index (χ0) is 37.2. The summed E-state index contributed by atoms with van der Waals surface area (Å²) in [5.74, 6) is -3.95. The number of hydrogen-bond acceptors (Lipinski definition) is 10. The van der Waals surface area contributed by atoms with E-state index < -0.39 is 52.3 Å². The molecule has 2 aromatic rings. The predicted octanol–water partition coefficient (Wildman–Crippen LogP) is 6.63. The van der Waals surface area contributed by atoms with Crippen LogP contribution in [0.3, 0.4) is 0 Å². The van der Waals surface area contributed by atoms with Gasteiger partial charge in [0.2, 0.25) is 5.79 Å². The summed E-state index contributed by atoms with van der Waals surface area (Å²) in [6.07, 6.45) is 4.87. The number of ether oxygens (including phenoxy) is 6. The average Bonchev–Trinajstić information content (AvgIpc) is 3.70. The standard InChI is InChI=1S/C43H52O10/c1-25-34-40(5)33(50-36(46)28-14-10-7-11-15-28)23-32-31(17-16-29-22-30(49-26(2)44)18-19-39(29,32)4)42(40)37(51-42)43(34,47)53-41(25)21-20-38(3,52-41)24-48-35(45)27-12-8-6-9-13-27/h6-15,25,29-34,37,47H,16-24H2,1-5H3/t25-,29?,30-,31?,32?,33+,34+,37?,38-,39-,40+,41+,42?,43+/m0/s1. The molecule has 14 atom stereocenters. The number of benzene rings is 2. The van der Waals surface area contributed by atoms with E-state index in [9.17, 15) is 19.5 Å². The minimum absolute atomic E-state index is 0.0436. The summed E-state index contributed by atoms with van der Waals surface area (Å²) in [6, 6.07) is 18.0. The monoisotopic (exact) mass is 728 g/mol. The minimum Gasteiger partial charge on any atom is -0.463 e. The molecule has 3 aliphatic heterocycles. The Bertz CT molecular complexity index is 1800. The molecule has 5 unspecified atom stereocenters. The molecule has 9 rings (SSSR count). The van der Waals surface area contributed by atoms with Crippen LogP contribution in [0.5, 0.6) is 0 Å². The van der Waals surface area contributed by atoms with Gasteiger partial charge in [0.1, 0.15) is 36.1 Å². The molecule has 10 nitrogen and oxygen atoms in total. The van der Waals surface area contributed by atoms with Crippen LogP contribution in [0.2, 0.25) is 0 Å². The van der Waals surface area contributed by atoms with Crippen LogP contribution in [-0.4, -0.2) is 70.7 Å². The molecule has 4 saturated carbocycles. The number of esters is 3. The molecule has 2 spiro atoms. The number of carbonyl (C=O) groups excluding carboxylic acids is 3. The Morgan fingerprint density at radius 2 is 1.49 bits per heavy atom. The first-order chi connectivity index (χ1) is 25.2. The lowest BCUT2D eigenvalue weighted by molar-refractivity contribution is -0.327. The lowest BCUT2D eigenvalue weighted by atomic mass is 9.43.